The van der Waals surface area contributed by atoms with Crippen molar-refractivity contribution in [3.05, 3.63) is 85.5 Å². The minimum absolute atomic E-state index is 0.0591. The number of fused-ring (bicyclic) bond motifs is 3. The zero-order valence-corrected chi connectivity index (χ0v) is 17.6. The van der Waals surface area contributed by atoms with Crippen LogP contribution in [0.15, 0.2) is 47.5 Å². The van der Waals surface area contributed by atoms with Gasteiger partial charge < -0.3 is 9.47 Å². The van der Waals surface area contributed by atoms with Crippen LogP contribution in [0, 0.1) is 12.7 Å². The van der Waals surface area contributed by atoms with E-state index in [2.05, 4.69) is 11.0 Å². The molecule has 2 aliphatic heterocycles. The number of allylic oxidation sites excluding steroid dienone is 1. The van der Waals surface area contributed by atoms with Gasteiger partial charge in [-0.1, -0.05) is 23.7 Å². The summed E-state index contributed by atoms with van der Waals surface area (Å²) in [6, 6.07) is 10.4. The molecule has 2 aromatic carbocycles. The second-order valence-electron chi connectivity index (χ2n) is 7.29. The Labute approximate surface area is 182 Å². The van der Waals surface area contributed by atoms with Crippen molar-refractivity contribution in [1.82, 2.24) is 4.90 Å². The number of nitrogens with zero attached hydrogens (tertiary/aromatic N) is 1. The van der Waals surface area contributed by atoms with Crippen molar-refractivity contribution in [1.29, 1.82) is 0 Å². The van der Waals surface area contributed by atoms with Crippen LogP contribution in [0.25, 0.3) is 6.08 Å². The molecule has 4 nitrogen and oxygen atoms in total. The number of ketones is 1. The highest BCUT2D eigenvalue weighted by Gasteiger charge is 2.35. The molecule has 0 radical (unpaired) electrons. The van der Waals surface area contributed by atoms with Crippen LogP contribution in [0.1, 0.15) is 31.9 Å². The van der Waals surface area contributed by atoms with Crippen LogP contribution < -0.4 is 9.47 Å². The van der Waals surface area contributed by atoms with E-state index in [1.807, 2.05) is 24.4 Å². The molecule has 0 N–H and O–H groups in total. The summed E-state index contributed by atoms with van der Waals surface area (Å²) in [5, 5.41) is 2.26. The normalized spacial score (nSPS) is 16.9. The monoisotopic (exact) mass is 441 g/mol. The highest BCUT2D eigenvalue weighted by atomic mass is 35.5. The van der Waals surface area contributed by atoms with Crippen molar-refractivity contribution in [3.8, 4) is 11.5 Å². The van der Waals surface area contributed by atoms with Gasteiger partial charge in [-0.25, -0.2) is 4.39 Å². The number of rotatable bonds is 3. The highest BCUT2D eigenvalue weighted by Crippen LogP contribution is 2.44. The fraction of sp³-hybridized carbons (Fsp3) is 0.174. The van der Waals surface area contributed by atoms with Crippen molar-refractivity contribution in [3.63, 3.8) is 0 Å². The summed E-state index contributed by atoms with van der Waals surface area (Å²) in [7, 11) is 0. The van der Waals surface area contributed by atoms with Gasteiger partial charge in [0.1, 0.15) is 24.0 Å². The van der Waals surface area contributed by atoms with Gasteiger partial charge >= 0.3 is 0 Å². The van der Waals surface area contributed by atoms with Crippen molar-refractivity contribution < 1.29 is 18.7 Å². The van der Waals surface area contributed by atoms with Crippen LogP contribution in [0.5, 0.6) is 11.5 Å². The Bertz CT molecular complexity index is 1170. The zero-order valence-electron chi connectivity index (χ0n) is 16.1. The number of ether oxygens (including phenoxy) is 2. The van der Waals surface area contributed by atoms with E-state index in [1.165, 1.54) is 23.1 Å². The van der Waals surface area contributed by atoms with Gasteiger partial charge in [-0.3, -0.25) is 9.69 Å². The molecule has 30 heavy (non-hydrogen) atoms. The van der Waals surface area contributed by atoms with Gasteiger partial charge in [0.25, 0.3) is 0 Å². The molecular formula is C23H17ClFNO3S. The Morgan fingerprint density at radius 1 is 1.30 bits per heavy atom. The average Bonchev–Trinajstić information content (AvgIpc) is 3.34. The molecule has 0 bridgehead atoms. The second-order valence-corrected chi connectivity index (χ2v) is 8.73. The highest BCUT2D eigenvalue weighted by molar-refractivity contribution is 7.09. The van der Waals surface area contributed by atoms with E-state index in [1.54, 1.807) is 17.4 Å². The first-order valence-corrected chi connectivity index (χ1v) is 10.7. The first-order valence-electron chi connectivity index (χ1n) is 9.43. The number of thiophene rings is 1. The SMILES string of the molecule is Cc1cc2c(c3c1C(=O)/C(=C/c1c(F)cccc1Cl)O3)CN(Cc1cccs1)CO2. The third-order valence-corrected chi connectivity index (χ3v) is 6.41. The lowest BCUT2D eigenvalue weighted by Gasteiger charge is -2.29. The van der Waals surface area contributed by atoms with Crippen LogP contribution in [0.3, 0.4) is 0 Å². The lowest BCUT2D eigenvalue weighted by molar-refractivity contribution is 0.0881. The molecule has 1 aromatic heterocycles. The van der Waals surface area contributed by atoms with Gasteiger partial charge in [0, 0.05) is 23.5 Å². The number of aryl methyl sites for hydroxylation is 1. The Balaban J connectivity index is 1.51. The maximum atomic E-state index is 14.2. The third kappa shape index (κ3) is 3.31. The fourth-order valence-electron chi connectivity index (χ4n) is 3.78. The smallest absolute Gasteiger partial charge is 0.232 e. The molecular weight excluding hydrogens is 425 g/mol. The summed E-state index contributed by atoms with van der Waals surface area (Å²) in [6.07, 6.45) is 1.37. The minimum atomic E-state index is -0.508. The van der Waals surface area contributed by atoms with Gasteiger partial charge in [0.15, 0.2) is 5.76 Å². The van der Waals surface area contributed by atoms with E-state index in [0.717, 1.165) is 17.7 Å². The molecule has 0 unspecified atom stereocenters. The summed E-state index contributed by atoms with van der Waals surface area (Å²) in [5.41, 5.74) is 2.23. The molecule has 152 valence electrons. The molecule has 0 spiro atoms. The molecule has 3 aromatic rings. The van der Waals surface area contributed by atoms with E-state index >= 15 is 0 Å². The van der Waals surface area contributed by atoms with Gasteiger partial charge in [-0.05, 0) is 48.2 Å². The van der Waals surface area contributed by atoms with E-state index in [4.69, 9.17) is 21.1 Å². The van der Waals surface area contributed by atoms with Crippen LogP contribution in [-0.2, 0) is 13.1 Å². The molecule has 0 aliphatic carbocycles. The summed E-state index contributed by atoms with van der Waals surface area (Å²) in [6.45, 7) is 3.66. The van der Waals surface area contributed by atoms with Crippen LogP contribution in [-0.4, -0.2) is 17.4 Å². The largest absolute Gasteiger partial charge is 0.478 e. The summed E-state index contributed by atoms with van der Waals surface area (Å²) < 4.78 is 26.2. The predicted molar refractivity (Wildman–Crippen MR) is 115 cm³/mol. The van der Waals surface area contributed by atoms with Crippen molar-refractivity contribution >= 4 is 34.8 Å². The van der Waals surface area contributed by atoms with E-state index in [9.17, 15) is 9.18 Å². The molecule has 0 atom stereocenters. The second kappa shape index (κ2) is 7.54. The number of hydrogen-bond donors (Lipinski definition) is 0. The standard InChI is InChI=1S/C23H17ClFNO3S/c1-13-8-19-16(11-26(12-28-19)10-14-4-3-7-30-14)23-21(13)22(27)20(29-23)9-15-17(24)5-2-6-18(15)25/h2-9H,10-12H2,1H3/b20-9-. The molecule has 3 heterocycles. The van der Waals surface area contributed by atoms with E-state index in [0.29, 0.717) is 30.3 Å². The quantitative estimate of drug-likeness (QED) is 0.480. The number of benzene rings is 2. The van der Waals surface area contributed by atoms with Gasteiger partial charge in [-0.2, -0.15) is 0 Å². The van der Waals surface area contributed by atoms with Gasteiger partial charge in [0.05, 0.1) is 16.1 Å². The average molecular weight is 442 g/mol. The maximum Gasteiger partial charge on any atom is 0.232 e. The Morgan fingerprint density at radius 3 is 2.93 bits per heavy atom. The predicted octanol–water partition coefficient (Wildman–Crippen LogP) is 5.82. The Hall–Kier alpha value is -2.67. The molecule has 2 aliphatic rings. The van der Waals surface area contributed by atoms with Crippen LogP contribution in [0.4, 0.5) is 4.39 Å². The first-order chi connectivity index (χ1) is 14.5. The summed E-state index contributed by atoms with van der Waals surface area (Å²) in [5.74, 6) is 0.478. The van der Waals surface area contributed by atoms with Gasteiger partial charge in [0.2, 0.25) is 5.78 Å². The molecule has 0 fully saturated rings. The Morgan fingerprint density at radius 2 is 2.17 bits per heavy atom. The van der Waals surface area contributed by atoms with Crippen molar-refractivity contribution in [2.24, 2.45) is 0 Å². The molecule has 7 heteroatoms. The fourth-order valence-corrected chi connectivity index (χ4v) is 4.74. The summed E-state index contributed by atoms with van der Waals surface area (Å²) in [4.78, 5) is 16.4. The number of Topliss-reactive ketones (excluding diaryl/α,β-unsaturated/α-hetero) is 1. The molecule has 0 saturated heterocycles. The lowest BCUT2D eigenvalue weighted by atomic mass is 9.98. The molecule has 5 rings (SSSR count). The minimum Gasteiger partial charge on any atom is -0.478 e. The Kier molecular flexibility index (Phi) is 4.85. The third-order valence-electron chi connectivity index (χ3n) is 5.22. The number of carbonyl (C=O) groups excluding carboxylic acids is 1. The number of halogens is 2. The van der Waals surface area contributed by atoms with Crippen LogP contribution >= 0.6 is 22.9 Å². The maximum absolute atomic E-state index is 14.2. The first kappa shape index (κ1) is 19.3. The molecule has 0 saturated carbocycles. The lowest BCUT2D eigenvalue weighted by Crippen LogP contribution is -2.31. The van der Waals surface area contributed by atoms with Crippen molar-refractivity contribution in [2.45, 2.75) is 20.0 Å². The zero-order chi connectivity index (χ0) is 20.8. The van der Waals surface area contributed by atoms with E-state index < -0.39 is 5.82 Å². The topological polar surface area (TPSA) is 38.8 Å². The van der Waals surface area contributed by atoms with Crippen LogP contribution in [0.2, 0.25) is 5.02 Å². The summed E-state index contributed by atoms with van der Waals surface area (Å²) >= 11 is 7.81. The van der Waals surface area contributed by atoms with Crippen molar-refractivity contribution in [2.75, 3.05) is 6.73 Å². The number of carbonyl (C=O) groups is 1. The number of hydrogen-bond acceptors (Lipinski definition) is 5. The van der Waals surface area contributed by atoms with Gasteiger partial charge in [-0.15, -0.1) is 11.3 Å². The van der Waals surface area contributed by atoms with E-state index in [-0.39, 0.29) is 22.1 Å². The molecule has 0 amide bonds.